The molecule has 1 N–H and O–H groups in total. The van der Waals surface area contributed by atoms with Gasteiger partial charge in [-0.05, 0) is 29.7 Å². The van der Waals surface area contributed by atoms with Crippen molar-refractivity contribution in [1.29, 1.82) is 0 Å². The second kappa shape index (κ2) is 8.75. The molecule has 28 heavy (non-hydrogen) atoms. The molecule has 0 aliphatic heterocycles. The van der Waals surface area contributed by atoms with Crippen LogP contribution in [0.2, 0.25) is 0 Å². The molecule has 9 heteroatoms. The Morgan fingerprint density at radius 3 is 2.36 bits per heavy atom. The number of hydrogen-bond donors (Lipinski definition) is 1. The van der Waals surface area contributed by atoms with Gasteiger partial charge in [-0.15, -0.1) is 0 Å². The van der Waals surface area contributed by atoms with Gasteiger partial charge >= 0.3 is 12.3 Å². The van der Waals surface area contributed by atoms with Crippen LogP contribution in [0, 0.1) is 6.92 Å². The van der Waals surface area contributed by atoms with Gasteiger partial charge in [-0.2, -0.15) is 13.2 Å². The first-order valence-corrected chi connectivity index (χ1v) is 8.06. The van der Waals surface area contributed by atoms with Gasteiger partial charge in [-0.25, -0.2) is 4.79 Å². The molecule has 0 aliphatic carbocycles. The van der Waals surface area contributed by atoms with Crippen LogP contribution in [-0.2, 0) is 28.7 Å². The zero-order chi connectivity index (χ0) is 20.9. The summed E-state index contributed by atoms with van der Waals surface area (Å²) < 4.78 is 49.7. The van der Waals surface area contributed by atoms with E-state index in [2.05, 4.69) is 0 Å². The highest BCUT2D eigenvalue weighted by molar-refractivity contribution is 5.70. The molecule has 2 rings (SSSR count). The van der Waals surface area contributed by atoms with Crippen molar-refractivity contribution in [2.24, 2.45) is 0 Å². The number of rotatable bonds is 6. The first-order chi connectivity index (χ1) is 13.1. The Balaban J connectivity index is 2.22. The average Bonchev–Trinajstić information content (AvgIpc) is 2.61. The van der Waals surface area contributed by atoms with Gasteiger partial charge in [0.2, 0.25) is 0 Å². The molecule has 0 amide bonds. The van der Waals surface area contributed by atoms with E-state index in [1.54, 1.807) is 30.3 Å². The molecule has 0 heterocycles. The zero-order valence-corrected chi connectivity index (χ0v) is 14.7. The molecule has 6 nitrogen and oxygen atoms in total. The highest BCUT2D eigenvalue weighted by Crippen LogP contribution is 2.39. The van der Waals surface area contributed by atoms with Crippen LogP contribution < -0.4 is 9.84 Å². The monoisotopic (exact) mass is 397 g/mol. The van der Waals surface area contributed by atoms with Crippen LogP contribution in [0.25, 0.3) is 0 Å². The molecule has 0 aromatic heterocycles. The van der Waals surface area contributed by atoms with Crippen LogP contribution in [-0.4, -0.2) is 23.3 Å². The van der Waals surface area contributed by atoms with E-state index in [1.165, 1.54) is 13.0 Å². The molecule has 0 saturated carbocycles. The Hall–Kier alpha value is -3.07. The van der Waals surface area contributed by atoms with Crippen LogP contribution in [0.4, 0.5) is 18.0 Å². The molecule has 2 aromatic rings. The summed E-state index contributed by atoms with van der Waals surface area (Å²) >= 11 is 0. The Morgan fingerprint density at radius 1 is 1.14 bits per heavy atom. The fourth-order valence-electron chi connectivity index (χ4n) is 2.45. The molecule has 0 unspecified atom stereocenters. The van der Waals surface area contributed by atoms with Crippen LogP contribution in [0.1, 0.15) is 22.3 Å². The highest BCUT2D eigenvalue weighted by atomic mass is 19.4. The van der Waals surface area contributed by atoms with Gasteiger partial charge in [0.05, 0.1) is 17.6 Å². The fraction of sp³-hybridized carbons (Fsp3) is 0.263. The molecule has 2 aromatic carbocycles. The number of aliphatic carboxylic acids is 1. The third kappa shape index (κ3) is 5.71. The van der Waals surface area contributed by atoms with Crippen molar-refractivity contribution in [2.75, 3.05) is 0 Å². The van der Waals surface area contributed by atoms with Crippen molar-refractivity contribution in [3.8, 4) is 5.75 Å². The lowest BCUT2D eigenvalue weighted by atomic mass is 10.00. The molecule has 0 bridgehead atoms. The molecular weight excluding hydrogens is 381 g/mol. The van der Waals surface area contributed by atoms with Gasteiger partial charge < -0.3 is 24.5 Å². The second-order valence-corrected chi connectivity index (χ2v) is 5.95. The number of hydrogen-bond acceptors (Lipinski definition) is 6. The first kappa shape index (κ1) is 21.2. The number of carboxylic acid groups (broad SMARTS) is 1. The lowest BCUT2D eigenvalue weighted by molar-refractivity contribution is -0.314. The summed E-state index contributed by atoms with van der Waals surface area (Å²) in [6.45, 7) is 1.07. The number of ether oxygens (including phenoxy) is 2. The van der Waals surface area contributed by atoms with E-state index in [0.29, 0.717) is 11.6 Å². The molecule has 1 atom stereocenters. The topological polar surface area (TPSA) is 95.9 Å². The van der Waals surface area contributed by atoms with Gasteiger partial charge in [0, 0.05) is 6.42 Å². The van der Waals surface area contributed by atoms with E-state index in [0.717, 1.165) is 0 Å². The zero-order valence-electron chi connectivity index (χ0n) is 14.7. The van der Waals surface area contributed by atoms with Crippen LogP contribution in [0.15, 0.2) is 42.5 Å². The van der Waals surface area contributed by atoms with Crippen molar-refractivity contribution < 1.29 is 42.4 Å². The maximum atomic E-state index is 13.4. The Kier molecular flexibility index (Phi) is 6.63. The van der Waals surface area contributed by atoms with Crippen molar-refractivity contribution in [2.45, 2.75) is 32.2 Å². The number of benzene rings is 2. The minimum atomic E-state index is -4.89. The Morgan fingerprint density at radius 2 is 1.79 bits per heavy atom. The molecular formula is C19H16F3O6-. The molecule has 0 fully saturated rings. The van der Waals surface area contributed by atoms with Crippen molar-refractivity contribution >= 4 is 12.1 Å². The second-order valence-electron chi connectivity index (χ2n) is 5.95. The maximum absolute atomic E-state index is 13.4. The summed E-state index contributed by atoms with van der Waals surface area (Å²) in [5, 5.41) is 19.9. The smallest absolute Gasteiger partial charge is 0.514 e. The van der Waals surface area contributed by atoms with E-state index < -0.39 is 42.1 Å². The van der Waals surface area contributed by atoms with Crippen molar-refractivity contribution in [3.63, 3.8) is 0 Å². The first-order valence-electron chi connectivity index (χ1n) is 8.06. The molecule has 0 radical (unpaired) electrons. The van der Waals surface area contributed by atoms with Crippen LogP contribution in [0.3, 0.4) is 0 Å². The molecule has 150 valence electrons. The summed E-state index contributed by atoms with van der Waals surface area (Å²) in [7, 11) is 0. The Labute approximate surface area is 158 Å². The number of aliphatic hydroxyl groups is 1. The number of carbonyl (C=O) groups excluding carboxylic acids is 2. The lowest BCUT2D eigenvalue weighted by Crippen LogP contribution is -2.36. The standard InChI is InChI=1S/C19H17F3O6/c1-11-7-13(9-15(23)17(24)25)8-14(19(20,21)22)16(11)28-18(26)27-10-12-5-3-2-4-6-12/h2-8,15,23H,9-10H2,1H3,(H,24,25)/p-1/t15-/m1/s1. The SMILES string of the molecule is Cc1cc(C[C@@H](O)C(=O)[O-])cc(C(F)(F)F)c1OC(=O)OCc1ccccc1. The number of aliphatic hydroxyl groups excluding tert-OH is 1. The normalized spacial score (nSPS) is 12.3. The summed E-state index contributed by atoms with van der Waals surface area (Å²) in [5.74, 6) is -2.56. The molecule has 0 aliphatic rings. The number of carboxylic acids is 1. The van der Waals surface area contributed by atoms with E-state index in [9.17, 15) is 33.0 Å². The van der Waals surface area contributed by atoms with Crippen LogP contribution in [0.5, 0.6) is 5.75 Å². The van der Waals surface area contributed by atoms with Crippen LogP contribution >= 0.6 is 0 Å². The number of halogens is 3. The summed E-state index contributed by atoms with van der Waals surface area (Å²) in [4.78, 5) is 22.4. The third-order valence-electron chi connectivity index (χ3n) is 3.73. The van der Waals surface area contributed by atoms with Crippen molar-refractivity contribution in [3.05, 3.63) is 64.7 Å². The molecule has 0 saturated heterocycles. The summed E-state index contributed by atoms with van der Waals surface area (Å²) in [5.41, 5.74) is -0.845. The van der Waals surface area contributed by atoms with Gasteiger partial charge in [0.15, 0.2) is 0 Å². The largest absolute Gasteiger partial charge is 0.547 e. The third-order valence-corrected chi connectivity index (χ3v) is 3.73. The number of alkyl halides is 3. The number of aryl methyl sites for hydroxylation is 1. The van der Waals surface area contributed by atoms with Gasteiger partial charge in [-0.1, -0.05) is 36.4 Å². The van der Waals surface area contributed by atoms with E-state index in [4.69, 9.17) is 9.47 Å². The van der Waals surface area contributed by atoms with Crippen molar-refractivity contribution in [1.82, 2.24) is 0 Å². The average molecular weight is 397 g/mol. The lowest BCUT2D eigenvalue weighted by Gasteiger charge is -2.18. The number of carbonyl (C=O) groups is 2. The maximum Gasteiger partial charge on any atom is 0.514 e. The minimum Gasteiger partial charge on any atom is -0.547 e. The van der Waals surface area contributed by atoms with E-state index in [-0.39, 0.29) is 17.7 Å². The highest BCUT2D eigenvalue weighted by Gasteiger charge is 2.36. The van der Waals surface area contributed by atoms with Gasteiger partial charge in [-0.3, -0.25) is 0 Å². The predicted molar refractivity (Wildman–Crippen MR) is 88.2 cm³/mol. The predicted octanol–water partition coefficient (Wildman–Crippen LogP) is 2.38. The Bertz CT molecular complexity index is 849. The van der Waals surface area contributed by atoms with Gasteiger partial charge in [0.25, 0.3) is 0 Å². The van der Waals surface area contributed by atoms with E-state index >= 15 is 0 Å². The van der Waals surface area contributed by atoms with E-state index in [1.807, 2.05) is 0 Å². The fourth-order valence-corrected chi connectivity index (χ4v) is 2.45. The summed E-state index contributed by atoms with van der Waals surface area (Å²) in [6, 6.07) is 10.3. The minimum absolute atomic E-state index is 0.0768. The van der Waals surface area contributed by atoms with Gasteiger partial charge in [0.1, 0.15) is 12.4 Å². The molecule has 0 spiro atoms. The quantitative estimate of drug-likeness (QED) is 0.594. The summed E-state index contributed by atoms with van der Waals surface area (Å²) in [6.07, 6.45) is -8.77.